The van der Waals surface area contributed by atoms with Gasteiger partial charge in [0.15, 0.2) is 0 Å². The molecule has 1 amide bonds. The van der Waals surface area contributed by atoms with Crippen LogP contribution in [0.5, 0.6) is 5.75 Å². The number of aryl methyl sites for hydroxylation is 1. The summed E-state index contributed by atoms with van der Waals surface area (Å²) in [6, 6.07) is 24.5. The molecule has 2 N–H and O–H groups in total. The molecule has 0 saturated heterocycles. The number of methoxy groups -OCH3 is 1. The number of anilines is 1. The molecule has 4 aromatic rings. The van der Waals surface area contributed by atoms with Crippen LogP contribution in [0.15, 0.2) is 83.3 Å². The third-order valence-corrected chi connectivity index (χ3v) is 5.30. The lowest BCUT2D eigenvalue weighted by atomic mass is 10.0. The Hall–Kier alpha value is -3.57. The molecular formula is C26H26N2O3. The van der Waals surface area contributed by atoms with E-state index in [0.717, 1.165) is 27.9 Å². The van der Waals surface area contributed by atoms with Crippen LogP contribution in [0.25, 0.3) is 11.0 Å². The maximum atomic E-state index is 13.4. The zero-order valence-corrected chi connectivity index (χ0v) is 17.9. The Morgan fingerprint density at radius 1 is 0.968 bits per heavy atom. The summed E-state index contributed by atoms with van der Waals surface area (Å²) in [5, 5.41) is 7.50. The van der Waals surface area contributed by atoms with Gasteiger partial charge in [-0.1, -0.05) is 54.6 Å². The summed E-state index contributed by atoms with van der Waals surface area (Å²) >= 11 is 0. The van der Waals surface area contributed by atoms with Crippen molar-refractivity contribution in [2.75, 3.05) is 12.4 Å². The lowest BCUT2D eigenvalue weighted by Crippen LogP contribution is -2.34. The number of hydrogen-bond acceptors (Lipinski definition) is 4. The number of nitrogens with one attached hydrogen (secondary N) is 2. The second-order valence-corrected chi connectivity index (χ2v) is 7.61. The molecule has 0 saturated carbocycles. The molecule has 0 unspecified atom stereocenters. The molecule has 1 aromatic heterocycles. The van der Waals surface area contributed by atoms with E-state index in [2.05, 4.69) is 10.6 Å². The highest BCUT2D eigenvalue weighted by Gasteiger charge is 2.25. The van der Waals surface area contributed by atoms with Crippen LogP contribution in [0.3, 0.4) is 0 Å². The monoisotopic (exact) mass is 414 g/mol. The first kappa shape index (κ1) is 20.7. The summed E-state index contributed by atoms with van der Waals surface area (Å²) < 4.78 is 11.4. The van der Waals surface area contributed by atoms with Crippen LogP contribution in [0.4, 0.5) is 5.69 Å². The Bertz CT molecular complexity index is 1150. The summed E-state index contributed by atoms with van der Waals surface area (Å²) in [5.41, 5.74) is 3.38. The van der Waals surface area contributed by atoms with Crippen molar-refractivity contribution in [1.29, 1.82) is 0 Å². The van der Waals surface area contributed by atoms with Crippen molar-refractivity contribution < 1.29 is 13.9 Å². The van der Waals surface area contributed by atoms with Gasteiger partial charge in [-0.2, -0.15) is 0 Å². The highest BCUT2D eigenvalue weighted by atomic mass is 16.5. The number of rotatable bonds is 7. The van der Waals surface area contributed by atoms with Crippen LogP contribution in [0.2, 0.25) is 0 Å². The zero-order valence-electron chi connectivity index (χ0n) is 17.9. The topological polar surface area (TPSA) is 63.5 Å². The fourth-order valence-corrected chi connectivity index (χ4v) is 3.64. The molecule has 2 atom stereocenters. The van der Waals surface area contributed by atoms with Gasteiger partial charge < -0.3 is 14.5 Å². The smallest absolute Gasteiger partial charge is 0.246 e. The molecule has 5 heteroatoms. The molecule has 158 valence electrons. The second kappa shape index (κ2) is 9.06. The van der Waals surface area contributed by atoms with Crippen LogP contribution in [-0.4, -0.2) is 13.0 Å². The van der Waals surface area contributed by atoms with E-state index in [-0.39, 0.29) is 11.9 Å². The maximum Gasteiger partial charge on any atom is 0.246 e. The van der Waals surface area contributed by atoms with Crippen molar-refractivity contribution in [3.8, 4) is 5.75 Å². The molecular weight excluding hydrogens is 388 g/mol. The maximum absolute atomic E-state index is 13.4. The van der Waals surface area contributed by atoms with Gasteiger partial charge in [0.05, 0.1) is 18.8 Å². The van der Waals surface area contributed by atoms with E-state index in [1.54, 1.807) is 7.11 Å². The predicted octanol–water partition coefficient (Wildman–Crippen LogP) is 5.78. The number of fused-ring (bicyclic) bond motifs is 1. The normalized spacial score (nSPS) is 13.0. The van der Waals surface area contributed by atoms with Crippen molar-refractivity contribution >= 4 is 22.6 Å². The van der Waals surface area contributed by atoms with Crippen molar-refractivity contribution in [3.05, 3.63) is 95.7 Å². The molecule has 4 rings (SSSR count). The lowest BCUT2D eigenvalue weighted by Gasteiger charge is -2.23. The molecule has 0 spiro atoms. The third kappa shape index (κ3) is 4.62. The summed E-state index contributed by atoms with van der Waals surface area (Å²) in [4.78, 5) is 13.4. The Balaban J connectivity index is 1.61. The highest BCUT2D eigenvalue weighted by molar-refractivity contribution is 5.97. The Labute approximate surface area is 182 Å². The minimum atomic E-state index is -0.574. The van der Waals surface area contributed by atoms with E-state index in [0.29, 0.717) is 11.4 Å². The highest BCUT2D eigenvalue weighted by Crippen LogP contribution is 2.29. The number of amides is 1. The Kier molecular flexibility index (Phi) is 6.05. The Morgan fingerprint density at radius 2 is 1.71 bits per heavy atom. The number of carbonyl (C=O) groups is 1. The second-order valence-electron chi connectivity index (χ2n) is 7.61. The van der Waals surface area contributed by atoms with Crippen molar-refractivity contribution in [3.63, 3.8) is 0 Å². The molecule has 0 aliphatic rings. The summed E-state index contributed by atoms with van der Waals surface area (Å²) in [5.74, 6) is 1.23. The molecule has 0 bridgehead atoms. The number of carbonyl (C=O) groups excluding carboxylic acids is 1. The van der Waals surface area contributed by atoms with Crippen LogP contribution in [0.1, 0.15) is 35.9 Å². The number of para-hydroxylation sites is 1. The van der Waals surface area contributed by atoms with Gasteiger partial charge in [0.1, 0.15) is 23.1 Å². The van der Waals surface area contributed by atoms with Crippen LogP contribution in [0, 0.1) is 6.92 Å². The molecule has 31 heavy (non-hydrogen) atoms. The standard InChI is InChI=1S/C26H26N2O3/c1-17-13-14-23(30-3)21(15-17)28-26(29)25(19-9-5-4-6-10-19)27-18(2)24-16-20-11-7-8-12-22(20)31-24/h4-16,18,25,27H,1-3H3,(H,28,29)/t18-,25-/m1/s1. The number of hydrogen-bond donors (Lipinski definition) is 2. The first-order valence-corrected chi connectivity index (χ1v) is 10.3. The van der Waals surface area contributed by atoms with Crippen LogP contribution in [-0.2, 0) is 4.79 Å². The van der Waals surface area contributed by atoms with Crippen LogP contribution >= 0.6 is 0 Å². The van der Waals surface area contributed by atoms with Crippen molar-refractivity contribution in [2.24, 2.45) is 0 Å². The first-order valence-electron chi connectivity index (χ1n) is 10.3. The molecule has 0 radical (unpaired) electrons. The average Bonchev–Trinajstić information content (AvgIpc) is 3.22. The average molecular weight is 415 g/mol. The van der Waals surface area contributed by atoms with Crippen molar-refractivity contribution in [2.45, 2.75) is 25.9 Å². The molecule has 5 nitrogen and oxygen atoms in total. The van der Waals surface area contributed by atoms with Gasteiger partial charge in [0, 0.05) is 5.39 Å². The summed E-state index contributed by atoms with van der Waals surface area (Å²) in [6.45, 7) is 3.97. The fourth-order valence-electron chi connectivity index (χ4n) is 3.64. The van der Waals surface area contributed by atoms with Gasteiger partial charge in [0.2, 0.25) is 5.91 Å². The van der Waals surface area contributed by atoms with Gasteiger partial charge in [-0.05, 0) is 49.2 Å². The summed E-state index contributed by atoms with van der Waals surface area (Å²) in [6.07, 6.45) is 0. The molecule has 0 aliphatic heterocycles. The largest absolute Gasteiger partial charge is 0.495 e. The third-order valence-electron chi connectivity index (χ3n) is 5.30. The zero-order chi connectivity index (χ0) is 21.8. The van der Waals surface area contributed by atoms with Gasteiger partial charge in [0.25, 0.3) is 0 Å². The quantitative estimate of drug-likeness (QED) is 0.402. The van der Waals surface area contributed by atoms with Crippen molar-refractivity contribution in [1.82, 2.24) is 5.32 Å². The molecule has 0 aliphatic carbocycles. The summed E-state index contributed by atoms with van der Waals surface area (Å²) in [7, 11) is 1.59. The van der Waals surface area contributed by atoms with E-state index in [1.807, 2.05) is 92.7 Å². The van der Waals surface area contributed by atoms with E-state index in [4.69, 9.17) is 9.15 Å². The van der Waals surface area contributed by atoms with E-state index >= 15 is 0 Å². The lowest BCUT2D eigenvalue weighted by molar-refractivity contribution is -0.118. The molecule has 1 heterocycles. The molecule has 3 aromatic carbocycles. The van der Waals surface area contributed by atoms with Crippen LogP contribution < -0.4 is 15.4 Å². The van der Waals surface area contributed by atoms with E-state index in [1.165, 1.54) is 0 Å². The van der Waals surface area contributed by atoms with Gasteiger partial charge >= 0.3 is 0 Å². The van der Waals surface area contributed by atoms with E-state index < -0.39 is 6.04 Å². The number of ether oxygens (including phenoxy) is 1. The Morgan fingerprint density at radius 3 is 2.45 bits per heavy atom. The first-order chi connectivity index (χ1) is 15.0. The molecule has 0 fully saturated rings. The van der Waals surface area contributed by atoms with E-state index in [9.17, 15) is 4.79 Å². The van der Waals surface area contributed by atoms with Gasteiger partial charge in [-0.25, -0.2) is 0 Å². The van der Waals surface area contributed by atoms with Gasteiger partial charge in [-0.3, -0.25) is 10.1 Å². The SMILES string of the molecule is COc1ccc(C)cc1NC(=O)[C@H](N[C@H](C)c1cc2ccccc2o1)c1ccccc1. The fraction of sp³-hybridized carbons (Fsp3) is 0.192. The number of benzene rings is 3. The minimum absolute atomic E-state index is 0.168. The predicted molar refractivity (Wildman–Crippen MR) is 123 cm³/mol. The number of furan rings is 1. The van der Waals surface area contributed by atoms with Gasteiger partial charge in [-0.15, -0.1) is 0 Å². The minimum Gasteiger partial charge on any atom is -0.495 e.